The van der Waals surface area contributed by atoms with Crippen molar-refractivity contribution >= 4 is 28.5 Å². The molecule has 1 heterocycles. The summed E-state index contributed by atoms with van der Waals surface area (Å²) in [5, 5.41) is 15.7. The highest BCUT2D eigenvalue weighted by atomic mass is 32.2. The predicted molar refractivity (Wildman–Crippen MR) is 119 cm³/mol. The maximum atomic E-state index is 14.5. The fourth-order valence-corrected chi connectivity index (χ4v) is 4.75. The third kappa shape index (κ3) is 4.94. The Morgan fingerprint density at radius 1 is 1.29 bits per heavy atom. The Balaban J connectivity index is 2.09. The van der Waals surface area contributed by atoms with Gasteiger partial charge in [-0.2, -0.15) is 5.10 Å². The lowest BCUT2D eigenvalue weighted by molar-refractivity contribution is -0.143. The monoisotopic (exact) mass is 446 g/mol. The van der Waals surface area contributed by atoms with E-state index in [4.69, 9.17) is 5.73 Å². The third-order valence-corrected chi connectivity index (χ3v) is 6.23. The number of benzene rings is 2. The molecule has 0 spiro atoms. The normalized spacial score (nSPS) is 20.0. The number of nitrogens with zero attached hydrogens (tertiary/aromatic N) is 3. The lowest BCUT2D eigenvalue weighted by Gasteiger charge is -2.36. The number of nitrogens with two attached hydrogens (primary N) is 1. The molecule has 0 aliphatic carbocycles. The number of hydrazone groups is 1. The molecule has 31 heavy (non-hydrogen) atoms. The van der Waals surface area contributed by atoms with Gasteiger partial charge in [0.05, 0.1) is 5.84 Å². The number of carbonyl (C=O) groups excluding carboxylic acids is 1. The van der Waals surface area contributed by atoms with Crippen molar-refractivity contribution in [1.29, 1.82) is 0 Å². The van der Waals surface area contributed by atoms with E-state index in [0.29, 0.717) is 25.2 Å². The summed E-state index contributed by atoms with van der Waals surface area (Å²) in [5.74, 6) is -1.45. The van der Waals surface area contributed by atoms with Crippen molar-refractivity contribution < 1.29 is 18.7 Å². The Labute approximate surface area is 183 Å². The summed E-state index contributed by atoms with van der Waals surface area (Å²) in [7, 11) is 0. The third-order valence-electron chi connectivity index (χ3n) is 4.78. The summed E-state index contributed by atoms with van der Waals surface area (Å²) in [6, 6.07) is 12.3. The Morgan fingerprint density at radius 3 is 2.65 bits per heavy atom. The first-order valence-electron chi connectivity index (χ1n) is 9.82. The number of halogens is 2. The predicted octanol–water partition coefficient (Wildman–Crippen LogP) is 3.59. The number of carbonyl (C=O) groups is 1. The number of hydrogen-bond acceptors (Lipinski definition) is 5. The van der Waals surface area contributed by atoms with E-state index in [9.17, 15) is 18.7 Å². The van der Waals surface area contributed by atoms with Crippen LogP contribution in [0.15, 0.2) is 58.6 Å². The van der Waals surface area contributed by atoms with Gasteiger partial charge in [0.2, 0.25) is 0 Å². The van der Waals surface area contributed by atoms with Gasteiger partial charge >= 0.3 is 0 Å². The van der Waals surface area contributed by atoms with Crippen LogP contribution >= 0.6 is 11.8 Å². The SMILES string of the molecule is CC(N)=NCCCC1(c2ccccc2)SC(c2cc(F)ccc2F)=NN1C(=O)[C@H](C)O. The van der Waals surface area contributed by atoms with E-state index in [1.165, 1.54) is 11.9 Å². The largest absolute Gasteiger partial charge is 0.388 e. The number of thioether (sulfide) groups is 1. The molecule has 2 aromatic carbocycles. The molecule has 1 unspecified atom stereocenters. The van der Waals surface area contributed by atoms with Crippen LogP contribution in [0.5, 0.6) is 0 Å². The second-order valence-electron chi connectivity index (χ2n) is 7.23. The molecule has 0 saturated carbocycles. The van der Waals surface area contributed by atoms with E-state index < -0.39 is 28.5 Å². The molecule has 3 rings (SSSR count). The number of aliphatic imine (C=N–C) groups is 1. The molecule has 164 valence electrons. The van der Waals surface area contributed by atoms with Crippen LogP contribution in [0.2, 0.25) is 0 Å². The fraction of sp³-hybridized carbons (Fsp3) is 0.318. The van der Waals surface area contributed by atoms with Gasteiger partial charge in [-0.25, -0.2) is 13.8 Å². The molecule has 1 amide bonds. The van der Waals surface area contributed by atoms with E-state index in [2.05, 4.69) is 10.1 Å². The van der Waals surface area contributed by atoms with Gasteiger partial charge < -0.3 is 10.8 Å². The topological polar surface area (TPSA) is 91.3 Å². The molecule has 1 aliphatic rings. The smallest absolute Gasteiger partial charge is 0.272 e. The van der Waals surface area contributed by atoms with Gasteiger partial charge in [0, 0.05) is 12.1 Å². The quantitative estimate of drug-likeness (QED) is 0.386. The van der Waals surface area contributed by atoms with Gasteiger partial charge in [-0.15, -0.1) is 0 Å². The molecule has 3 N–H and O–H groups in total. The van der Waals surface area contributed by atoms with E-state index in [0.717, 1.165) is 35.5 Å². The first-order valence-corrected chi connectivity index (χ1v) is 10.6. The molecule has 0 radical (unpaired) electrons. The summed E-state index contributed by atoms with van der Waals surface area (Å²) in [6.45, 7) is 3.47. The summed E-state index contributed by atoms with van der Waals surface area (Å²) in [4.78, 5) is 16.1. The second kappa shape index (κ2) is 9.57. The van der Waals surface area contributed by atoms with Gasteiger partial charge in [0.1, 0.15) is 27.7 Å². The van der Waals surface area contributed by atoms with Crippen LogP contribution in [0.4, 0.5) is 8.78 Å². The van der Waals surface area contributed by atoms with Crippen LogP contribution in [0, 0.1) is 11.6 Å². The van der Waals surface area contributed by atoms with Gasteiger partial charge in [-0.1, -0.05) is 42.1 Å². The van der Waals surface area contributed by atoms with Crippen molar-refractivity contribution in [3.05, 3.63) is 71.3 Å². The standard InChI is InChI=1S/C22H24F2N4O2S/c1-14(29)21(30)28-22(11-6-12-26-15(2)25,16-7-4-3-5-8-16)31-20(27-28)18-13-17(23)9-10-19(18)24/h3-5,7-10,13-14,29H,6,11-12H2,1-2H3,(H2,25,26)/t14-,22?/m0/s1. The van der Waals surface area contributed by atoms with Crippen LogP contribution in [0.1, 0.15) is 37.8 Å². The molecule has 6 nitrogen and oxygen atoms in total. The Hall–Kier alpha value is -2.78. The van der Waals surface area contributed by atoms with Crippen molar-refractivity contribution in [2.24, 2.45) is 15.8 Å². The van der Waals surface area contributed by atoms with Crippen LogP contribution in [0.25, 0.3) is 0 Å². The van der Waals surface area contributed by atoms with Crippen molar-refractivity contribution in [3.8, 4) is 0 Å². The average molecular weight is 447 g/mol. The zero-order valence-electron chi connectivity index (χ0n) is 17.3. The first kappa shape index (κ1) is 22.9. The summed E-state index contributed by atoms with van der Waals surface area (Å²) in [5.41, 5.74) is 6.33. The minimum atomic E-state index is -1.33. The minimum Gasteiger partial charge on any atom is -0.388 e. The van der Waals surface area contributed by atoms with E-state index in [1.807, 2.05) is 30.3 Å². The molecular formula is C22H24F2N4O2S. The molecule has 1 aliphatic heterocycles. The van der Waals surface area contributed by atoms with Crippen molar-refractivity contribution in [2.75, 3.05) is 6.54 Å². The van der Waals surface area contributed by atoms with Gasteiger partial charge in [0.25, 0.3) is 5.91 Å². The number of amidine groups is 1. The highest BCUT2D eigenvalue weighted by Gasteiger charge is 2.49. The van der Waals surface area contributed by atoms with Gasteiger partial charge in [0.15, 0.2) is 0 Å². The Kier molecular flexibility index (Phi) is 7.07. The Morgan fingerprint density at radius 2 is 2.00 bits per heavy atom. The zero-order chi connectivity index (χ0) is 22.6. The molecule has 9 heteroatoms. The molecule has 2 atom stereocenters. The Bertz CT molecular complexity index is 1010. The minimum absolute atomic E-state index is 0.0398. The fourth-order valence-electron chi connectivity index (χ4n) is 3.32. The van der Waals surface area contributed by atoms with Crippen molar-refractivity contribution in [1.82, 2.24) is 5.01 Å². The van der Waals surface area contributed by atoms with Crippen LogP contribution in [-0.2, 0) is 9.67 Å². The van der Waals surface area contributed by atoms with Gasteiger partial charge in [-0.3, -0.25) is 9.79 Å². The average Bonchev–Trinajstić information content (AvgIpc) is 3.13. The highest BCUT2D eigenvalue weighted by molar-refractivity contribution is 8.15. The number of aliphatic hydroxyl groups excluding tert-OH is 1. The molecule has 0 bridgehead atoms. The first-order chi connectivity index (χ1) is 14.7. The van der Waals surface area contributed by atoms with E-state index >= 15 is 0 Å². The molecule has 0 aromatic heterocycles. The number of aliphatic hydroxyl groups is 1. The summed E-state index contributed by atoms with van der Waals surface area (Å²) in [6.07, 6.45) is -0.372. The van der Waals surface area contributed by atoms with Crippen molar-refractivity contribution in [3.63, 3.8) is 0 Å². The highest BCUT2D eigenvalue weighted by Crippen LogP contribution is 2.50. The van der Waals surface area contributed by atoms with Gasteiger partial charge in [-0.05, 0) is 50.5 Å². The van der Waals surface area contributed by atoms with Crippen molar-refractivity contribution in [2.45, 2.75) is 37.7 Å². The zero-order valence-corrected chi connectivity index (χ0v) is 18.1. The molecule has 2 aromatic rings. The molecule has 0 saturated heterocycles. The number of hydrogen-bond donors (Lipinski definition) is 2. The van der Waals surface area contributed by atoms with Crippen LogP contribution in [-0.4, -0.2) is 39.6 Å². The van der Waals surface area contributed by atoms with E-state index in [-0.39, 0.29) is 10.6 Å². The van der Waals surface area contributed by atoms with Crippen LogP contribution < -0.4 is 5.73 Å². The number of amides is 1. The second-order valence-corrected chi connectivity index (χ2v) is 8.50. The maximum Gasteiger partial charge on any atom is 0.272 e. The summed E-state index contributed by atoms with van der Waals surface area (Å²) < 4.78 is 28.4. The molecule has 0 fully saturated rings. The maximum absolute atomic E-state index is 14.5. The van der Waals surface area contributed by atoms with Crippen LogP contribution in [0.3, 0.4) is 0 Å². The van der Waals surface area contributed by atoms with E-state index in [1.54, 1.807) is 6.92 Å². The molecular weight excluding hydrogens is 422 g/mol. The number of rotatable bonds is 7. The lowest BCUT2D eigenvalue weighted by atomic mass is 10.00. The summed E-state index contributed by atoms with van der Waals surface area (Å²) >= 11 is 1.16. The lowest BCUT2D eigenvalue weighted by Crippen LogP contribution is -2.45.